The van der Waals surface area contributed by atoms with Crippen LogP contribution in [0.25, 0.3) is 16.0 Å². The van der Waals surface area contributed by atoms with Gasteiger partial charge >= 0.3 is 85.0 Å². The summed E-state index contributed by atoms with van der Waals surface area (Å²) in [5.41, 5.74) is 0. The van der Waals surface area contributed by atoms with Crippen molar-refractivity contribution >= 4 is 17.7 Å². The quantitative estimate of drug-likeness (QED) is 0.208. The van der Waals surface area contributed by atoms with E-state index in [0.717, 1.165) is 0 Å². The van der Waals surface area contributed by atoms with Gasteiger partial charge in [0.25, 0.3) is 0 Å². The van der Waals surface area contributed by atoms with E-state index in [1.54, 1.807) is 4.40 Å². The van der Waals surface area contributed by atoms with Gasteiger partial charge in [0.2, 0.25) is 0 Å². The van der Waals surface area contributed by atoms with Crippen LogP contribution in [-0.2, 0) is 25.8 Å². The molecule has 0 heterocycles. The molecule has 0 aliphatic carbocycles. The van der Waals surface area contributed by atoms with Gasteiger partial charge in [0.15, 0.2) is 0 Å². The molecule has 0 saturated carbocycles. The Balaban J connectivity index is -0.000000156. The van der Waals surface area contributed by atoms with Crippen molar-refractivity contribution in [1.82, 2.24) is 0 Å². The SMILES string of the molecule is CC(C)[N-]C(C)C.CC(C)[N-]C(C)C.CC(C)[N-]C(C)C.[CH3][Ge]([CH3])([CH3])[c-]1cccc1.[Hf+4]. The summed E-state index contributed by atoms with van der Waals surface area (Å²) in [7, 11) is 0. The van der Waals surface area contributed by atoms with Crippen LogP contribution >= 0.6 is 0 Å². The molecule has 1 aromatic carbocycles. The van der Waals surface area contributed by atoms with Gasteiger partial charge in [-0.2, -0.15) is 0 Å². The minimum Gasteiger partial charge on any atom is 4.00 e. The van der Waals surface area contributed by atoms with E-state index in [1.807, 2.05) is 0 Å². The van der Waals surface area contributed by atoms with Crippen LogP contribution in [0.15, 0.2) is 24.3 Å². The largest absolute Gasteiger partial charge is 4.00 e. The minimum atomic E-state index is -1.44. The van der Waals surface area contributed by atoms with Crippen molar-refractivity contribution < 1.29 is 25.8 Å². The van der Waals surface area contributed by atoms with E-state index in [1.165, 1.54) is 0 Å². The van der Waals surface area contributed by atoms with Crippen LogP contribution in [0.2, 0.25) is 17.3 Å². The summed E-state index contributed by atoms with van der Waals surface area (Å²) < 4.78 is 1.61. The molecule has 0 fully saturated rings. The number of hydrogen-bond acceptors (Lipinski definition) is 0. The Labute approximate surface area is 219 Å². The fourth-order valence-electron chi connectivity index (χ4n) is 2.66. The summed E-state index contributed by atoms with van der Waals surface area (Å²) in [5.74, 6) is 7.24. The van der Waals surface area contributed by atoms with E-state index < -0.39 is 13.3 Å². The zero-order valence-corrected chi connectivity index (χ0v) is 29.3. The minimum absolute atomic E-state index is 0. The predicted octanol–water partition coefficient (Wildman–Crippen LogP) is 8.48. The fraction of sp³-hybridized carbons (Fsp3) is 0.808. The van der Waals surface area contributed by atoms with Crippen molar-refractivity contribution in [3.63, 3.8) is 0 Å². The van der Waals surface area contributed by atoms with Crippen molar-refractivity contribution in [2.45, 2.75) is 137 Å². The molecular formula is C26H55GeHfN3. The Kier molecular flexibility index (Phi) is 28.1. The summed E-state index contributed by atoms with van der Waals surface area (Å²) in [4.78, 5) is 0. The molecule has 0 amide bonds. The maximum Gasteiger partial charge on any atom is 4.00 e. The van der Waals surface area contributed by atoms with E-state index in [0.29, 0.717) is 36.3 Å². The molecule has 0 atom stereocenters. The smallest absolute Gasteiger partial charge is 4.00 e. The summed E-state index contributed by atoms with van der Waals surface area (Å²) in [6, 6.07) is 11.8. The molecule has 0 spiro atoms. The zero-order chi connectivity index (χ0) is 24.5. The second-order valence-electron chi connectivity index (χ2n) is 10.4. The Morgan fingerprint density at radius 2 is 0.677 bits per heavy atom. The van der Waals surface area contributed by atoms with E-state index in [2.05, 4.69) is 141 Å². The van der Waals surface area contributed by atoms with Crippen molar-refractivity contribution in [1.29, 1.82) is 0 Å². The maximum atomic E-state index is 4.28. The number of hydrogen-bond donors (Lipinski definition) is 0. The molecule has 3 nitrogen and oxygen atoms in total. The monoisotopic (exact) mass is 663 g/mol. The molecule has 0 aliphatic heterocycles. The average Bonchev–Trinajstić information content (AvgIpc) is 2.98. The van der Waals surface area contributed by atoms with E-state index >= 15 is 0 Å². The third-order valence-electron chi connectivity index (χ3n) is 3.32. The molecule has 0 aliphatic rings. The molecule has 5 heteroatoms. The van der Waals surface area contributed by atoms with Gasteiger partial charge in [0.1, 0.15) is 0 Å². The van der Waals surface area contributed by atoms with Crippen molar-refractivity contribution in [2.75, 3.05) is 0 Å². The Bertz CT molecular complexity index is 396. The van der Waals surface area contributed by atoms with Crippen LogP contribution in [-0.4, -0.2) is 49.5 Å². The molecule has 0 saturated heterocycles. The normalized spacial score (nSPS) is 11.0. The van der Waals surface area contributed by atoms with Gasteiger partial charge in [-0.05, 0) is 0 Å². The van der Waals surface area contributed by atoms with Crippen molar-refractivity contribution in [2.24, 2.45) is 0 Å². The molecule has 31 heavy (non-hydrogen) atoms. The number of rotatable bonds is 7. The van der Waals surface area contributed by atoms with E-state index in [-0.39, 0.29) is 25.8 Å². The molecular weight excluding hydrogens is 605 g/mol. The fourth-order valence-corrected chi connectivity index (χ4v) is 5.16. The molecule has 1 aromatic rings. The Morgan fingerprint density at radius 3 is 0.742 bits per heavy atom. The van der Waals surface area contributed by atoms with Crippen molar-refractivity contribution in [3.8, 4) is 0 Å². The standard InChI is InChI=1S/C8H13Ge.3C6H14N.Hf/c1-9(2,3)8-6-4-5-7-8;3*1-5(2)7-6(3)4;/h4-7H,1-3H3;3*5-6H,1-4H3;/q4*-1;+4. The van der Waals surface area contributed by atoms with Gasteiger partial charge in [0.05, 0.1) is 0 Å². The van der Waals surface area contributed by atoms with Crippen molar-refractivity contribution in [3.05, 3.63) is 40.2 Å². The first-order valence-electron chi connectivity index (χ1n) is 11.8. The van der Waals surface area contributed by atoms with Gasteiger partial charge in [-0.3, -0.25) is 0 Å². The van der Waals surface area contributed by atoms with Crippen LogP contribution in [0.4, 0.5) is 0 Å². The van der Waals surface area contributed by atoms with Gasteiger partial charge in [-0.1, -0.05) is 83.1 Å². The Morgan fingerprint density at radius 1 is 0.484 bits per heavy atom. The first-order valence-corrected chi connectivity index (χ1v) is 19.1. The molecule has 1 rings (SSSR count). The molecule has 0 aromatic heterocycles. The molecule has 0 unspecified atom stereocenters. The summed E-state index contributed by atoms with van der Waals surface area (Å²) in [6.45, 7) is 25.2. The van der Waals surface area contributed by atoms with Gasteiger partial charge in [0, 0.05) is 0 Å². The summed E-state index contributed by atoms with van der Waals surface area (Å²) in [5, 5.41) is 12.8. The second-order valence-corrected chi connectivity index (χ2v) is 21.1. The van der Waals surface area contributed by atoms with Crippen LogP contribution in [0.1, 0.15) is 83.1 Å². The predicted molar refractivity (Wildman–Crippen MR) is 146 cm³/mol. The first-order chi connectivity index (χ1) is 13.5. The molecule has 182 valence electrons. The maximum absolute atomic E-state index is 4.28. The van der Waals surface area contributed by atoms with Crippen LogP contribution in [0.3, 0.4) is 0 Å². The third kappa shape index (κ3) is 38.2. The first kappa shape index (κ1) is 38.9. The van der Waals surface area contributed by atoms with Gasteiger partial charge in [-0.25, -0.2) is 0 Å². The molecule has 0 radical (unpaired) electrons. The number of nitrogens with zero attached hydrogens (tertiary/aromatic N) is 3. The van der Waals surface area contributed by atoms with Crippen LogP contribution in [0.5, 0.6) is 0 Å². The van der Waals surface area contributed by atoms with Crippen LogP contribution < -0.4 is 4.40 Å². The van der Waals surface area contributed by atoms with Crippen LogP contribution in [0, 0.1) is 0 Å². The topological polar surface area (TPSA) is 42.3 Å². The zero-order valence-electron chi connectivity index (χ0n) is 23.6. The van der Waals surface area contributed by atoms with Gasteiger partial charge in [-0.15, -0.1) is 36.3 Å². The summed E-state index contributed by atoms with van der Waals surface area (Å²) in [6.07, 6.45) is 0. The molecule has 0 N–H and O–H groups in total. The third-order valence-corrected chi connectivity index (χ3v) is 7.65. The van der Waals surface area contributed by atoms with Gasteiger partial charge < -0.3 is 16.0 Å². The Hall–Kier alpha value is 0.643. The van der Waals surface area contributed by atoms with E-state index in [9.17, 15) is 0 Å². The average molecular weight is 661 g/mol. The molecule has 0 bridgehead atoms. The summed E-state index contributed by atoms with van der Waals surface area (Å²) >= 11 is -1.44. The second kappa shape index (κ2) is 22.4. The van der Waals surface area contributed by atoms with E-state index in [4.69, 9.17) is 0 Å².